The molecule has 0 radical (unpaired) electrons. The number of rotatable bonds is 4. The van der Waals surface area contributed by atoms with Crippen LogP contribution in [0, 0.1) is 11.8 Å². The standard InChI is InChI=1S/C16H24N2S/c1-12-7-13(2)10-18(9-12)11-15-6-4-3-5-14(15)8-16(17)19/h3-6,12-13H,7-11H2,1-2H3,(H2,17,19). The predicted octanol–water partition coefficient (Wildman–Crippen LogP) is 2.99. The summed E-state index contributed by atoms with van der Waals surface area (Å²) in [6.45, 7) is 8.12. The maximum Gasteiger partial charge on any atom is 0.0771 e. The smallest absolute Gasteiger partial charge is 0.0771 e. The first-order chi connectivity index (χ1) is 9.04. The fraction of sp³-hybridized carbons (Fsp3) is 0.562. The van der Waals surface area contributed by atoms with E-state index in [0.29, 0.717) is 11.4 Å². The van der Waals surface area contributed by atoms with Gasteiger partial charge in [-0.2, -0.15) is 0 Å². The lowest BCUT2D eigenvalue weighted by Gasteiger charge is -2.35. The van der Waals surface area contributed by atoms with Gasteiger partial charge in [-0.05, 0) is 29.4 Å². The molecule has 2 rings (SSSR count). The molecule has 104 valence electrons. The number of benzene rings is 1. The molecule has 0 bridgehead atoms. The molecule has 0 aliphatic carbocycles. The van der Waals surface area contributed by atoms with Gasteiger partial charge in [-0.3, -0.25) is 4.90 Å². The molecular formula is C16H24N2S. The first-order valence-corrected chi connectivity index (χ1v) is 7.53. The minimum atomic E-state index is 0.577. The van der Waals surface area contributed by atoms with Crippen molar-refractivity contribution < 1.29 is 0 Å². The summed E-state index contributed by atoms with van der Waals surface area (Å²) in [4.78, 5) is 3.14. The highest BCUT2D eigenvalue weighted by Gasteiger charge is 2.22. The van der Waals surface area contributed by atoms with Crippen molar-refractivity contribution in [2.45, 2.75) is 33.2 Å². The van der Waals surface area contributed by atoms with Gasteiger partial charge in [0.2, 0.25) is 0 Å². The molecule has 1 saturated heterocycles. The number of nitrogens with two attached hydrogens (primary N) is 1. The third kappa shape index (κ3) is 4.29. The van der Waals surface area contributed by atoms with E-state index < -0.39 is 0 Å². The van der Waals surface area contributed by atoms with E-state index >= 15 is 0 Å². The van der Waals surface area contributed by atoms with Crippen LogP contribution in [0.25, 0.3) is 0 Å². The number of thiocarbonyl (C=S) groups is 1. The number of piperidine rings is 1. The van der Waals surface area contributed by atoms with Crippen molar-refractivity contribution in [2.24, 2.45) is 17.6 Å². The molecular weight excluding hydrogens is 252 g/mol. The Morgan fingerprint density at radius 2 is 1.79 bits per heavy atom. The average Bonchev–Trinajstić information content (AvgIpc) is 2.29. The number of hydrogen-bond acceptors (Lipinski definition) is 2. The first-order valence-electron chi connectivity index (χ1n) is 7.12. The van der Waals surface area contributed by atoms with E-state index in [1.54, 1.807) is 0 Å². The van der Waals surface area contributed by atoms with Gasteiger partial charge in [-0.15, -0.1) is 0 Å². The van der Waals surface area contributed by atoms with E-state index in [1.165, 1.54) is 30.6 Å². The van der Waals surface area contributed by atoms with E-state index in [0.717, 1.165) is 18.4 Å². The van der Waals surface area contributed by atoms with E-state index in [-0.39, 0.29) is 0 Å². The molecule has 0 saturated carbocycles. The molecule has 19 heavy (non-hydrogen) atoms. The van der Waals surface area contributed by atoms with Crippen molar-refractivity contribution in [3.05, 3.63) is 35.4 Å². The molecule has 1 fully saturated rings. The average molecular weight is 276 g/mol. The van der Waals surface area contributed by atoms with Crippen LogP contribution >= 0.6 is 12.2 Å². The zero-order valence-corrected chi connectivity index (χ0v) is 12.7. The first kappa shape index (κ1) is 14.5. The molecule has 2 nitrogen and oxygen atoms in total. The van der Waals surface area contributed by atoms with Crippen LogP contribution in [0.1, 0.15) is 31.4 Å². The van der Waals surface area contributed by atoms with Crippen molar-refractivity contribution in [1.82, 2.24) is 4.90 Å². The maximum absolute atomic E-state index is 5.69. The Hall–Kier alpha value is -0.930. The summed E-state index contributed by atoms with van der Waals surface area (Å²) in [5, 5.41) is 0. The van der Waals surface area contributed by atoms with Gasteiger partial charge in [-0.1, -0.05) is 50.3 Å². The van der Waals surface area contributed by atoms with E-state index in [9.17, 15) is 0 Å². The number of nitrogens with zero attached hydrogens (tertiary/aromatic N) is 1. The van der Waals surface area contributed by atoms with E-state index in [1.807, 2.05) is 0 Å². The third-order valence-corrected chi connectivity index (χ3v) is 3.97. The van der Waals surface area contributed by atoms with Crippen molar-refractivity contribution in [1.29, 1.82) is 0 Å². The van der Waals surface area contributed by atoms with Crippen LogP contribution < -0.4 is 5.73 Å². The summed E-state index contributed by atoms with van der Waals surface area (Å²) in [5.41, 5.74) is 8.34. The molecule has 2 N–H and O–H groups in total. The second-order valence-corrected chi connectivity index (χ2v) is 6.58. The van der Waals surface area contributed by atoms with Crippen LogP contribution in [0.4, 0.5) is 0 Å². The zero-order valence-electron chi connectivity index (χ0n) is 11.9. The molecule has 0 amide bonds. The quantitative estimate of drug-likeness (QED) is 0.857. The lowest BCUT2D eigenvalue weighted by molar-refractivity contribution is 0.134. The normalized spacial score (nSPS) is 24.3. The highest BCUT2D eigenvalue weighted by atomic mass is 32.1. The summed E-state index contributed by atoms with van der Waals surface area (Å²) < 4.78 is 0. The van der Waals surface area contributed by atoms with Crippen molar-refractivity contribution in [3.8, 4) is 0 Å². The second-order valence-electron chi connectivity index (χ2n) is 6.05. The third-order valence-electron chi connectivity index (χ3n) is 3.82. The molecule has 0 spiro atoms. The van der Waals surface area contributed by atoms with E-state index in [2.05, 4.69) is 43.0 Å². The van der Waals surface area contributed by atoms with Crippen LogP contribution in [0.15, 0.2) is 24.3 Å². The second kappa shape index (κ2) is 6.49. The summed E-state index contributed by atoms with van der Waals surface area (Å²) in [5.74, 6) is 1.60. The molecule has 1 aromatic carbocycles. The fourth-order valence-electron chi connectivity index (χ4n) is 3.23. The highest BCUT2D eigenvalue weighted by Crippen LogP contribution is 2.23. The summed E-state index contributed by atoms with van der Waals surface area (Å²) in [6.07, 6.45) is 2.06. The number of hydrogen-bond donors (Lipinski definition) is 1. The molecule has 2 unspecified atom stereocenters. The Labute approximate surface area is 122 Å². The van der Waals surface area contributed by atoms with Gasteiger partial charge < -0.3 is 5.73 Å². The Morgan fingerprint density at radius 3 is 2.37 bits per heavy atom. The van der Waals surface area contributed by atoms with E-state index in [4.69, 9.17) is 18.0 Å². The Kier molecular flexibility index (Phi) is 4.94. The van der Waals surface area contributed by atoms with Crippen molar-refractivity contribution >= 4 is 17.2 Å². The van der Waals surface area contributed by atoms with Gasteiger partial charge >= 0.3 is 0 Å². The van der Waals surface area contributed by atoms with Gasteiger partial charge in [0.15, 0.2) is 0 Å². The van der Waals surface area contributed by atoms with Gasteiger partial charge in [0.25, 0.3) is 0 Å². The summed E-state index contributed by atoms with van der Waals surface area (Å²) >= 11 is 5.04. The molecule has 1 aliphatic heterocycles. The lowest BCUT2D eigenvalue weighted by Crippen LogP contribution is -2.38. The van der Waals surface area contributed by atoms with Gasteiger partial charge in [-0.25, -0.2) is 0 Å². The minimum Gasteiger partial charge on any atom is -0.393 e. The highest BCUT2D eigenvalue weighted by molar-refractivity contribution is 7.80. The van der Waals surface area contributed by atoms with Crippen molar-refractivity contribution in [2.75, 3.05) is 13.1 Å². The van der Waals surface area contributed by atoms with Crippen LogP contribution in [0.3, 0.4) is 0 Å². The monoisotopic (exact) mass is 276 g/mol. The molecule has 1 aromatic rings. The summed E-state index contributed by atoms with van der Waals surface area (Å²) in [6, 6.07) is 8.52. The van der Waals surface area contributed by atoms with Crippen LogP contribution in [-0.4, -0.2) is 23.0 Å². The topological polar surface area (TPSA) is 29.3 Å². The molecule has 2 atom stereocenters. The summed E-state index contributed by atoms with van der Waals surface area (Å²) in [7, 11) is 0. The van der Waals surface area contributed by atoms with Crippen LogP contribution in [0.5, 0.6) is 0 Å². The Bertz CT molecular complexity index is 434. The fourth-order valence-corrected chi connectivity index (χ4v) is 3.39. The molecule has 1 aliphatic rings. The van der Waals surface area contributed by atoms with Crippen LogP contribution in [-0.2, 0) is 13.0 Å². The number of likely N-dealkylation sites (tertiary alicyclic amines) is 1. The Balaban J connectivity index is 2.07. The van der Waals surface area contributed by atoms with Gasteiger partial charge in [0.05, 0.1) is 4.99 Å². The van der Waals surface area contributed by atoms with Gasteiger partial charge in [0.1, 0.15) is 0 Å². The molecule has 3 heteroatoms. The maximum atomic E-state index is 5.69. The molecule has 0 aromatic heterocycles. The SMILES string of the molecule is CC1CC(C)CN(Cc2ccccc2CC(N)=S)C1. The van der Waals surface area contributed by atoms with Crippen LogP contribution in [0.2, 0.25) is 0 Å². The minimum absolute atomic E-state index is 0.577. The van der Waals surface area contributed by atoms with Gasteiger partial charge in [0, 0.05) is 26.1 Å². The zero-order chi connectivity index (χ0) is 13.8. The molecule has 1 heterocycles. The predicted molar refractivity (Wildman–Crippen MR) is 85.2 cm³/mol. The lowest BCUT2D eigenvalue weighted by atomic mass is 9.91. The van der Waals surface area contributed by atoms with Crippen molar-refractivity contribution in [3.63, 3.8) is 0 Å². The Morgan fingerprint density at radius 1 is 1.21 bits per heavy atom. The largest absolute Gasteiger partial charge is 0.393 e.